The molecule has 0 heterocycles. The number of hydrogen-bond acceptors (Lipinski definition) is 3. The smallest absolute Gasteiger partial charge is 0.304 e. The van der Waals surface area contributed by atoms with Crippen molar-refractivity contribution in [2.24, 2.45) is 5.73 Å². The molecule has 0 aliphatic rings. The van der Waals surface area contributed by atoms with Gasteiger partial charge in [-0.15, -0.1) is 0 Å². The summed E-state index contributed by atoms with van der Waals surface area (Å²) in [6.07, 6.45) is -0.258. The molecule has 10 heavy (non-hydrogen) atoms. The topological polar surface area (TPSA) is 83.5 Å². The van der Waals surface area contributed by atoms with Gasteiger partial charge >= 0.3 is 5.97 Å². The molecule has 0 aromatic carbocycles. The Kier molecular flexibility index (Phi) is 3.99. The van der Waals surface area contributed by atoms with E-state index >= 15 is 0 Å². The molecule has 0 aromatic heterocycles. The van der Waals surface area contributed by atoms with E-state index in [0.29, 0.717) is 6.42 Å². The fraction of sp³-hybridized carbons (Fsp3) is 0.833. The van der Waals surface area contributed by atoms with E-state index in [2.05, 4.69) is 0 Å². The zero-order valence-corrected chi connectivity index (χ0v) is 5.95. The first kappa shape index (κ1) is 9.39. The van der Waals surface area contributed by atoms with E-state index in [1.807, 2.05) is 0 Å². The van der Waals surface area contributed by atoms with Crippen LogP contribution in [-0.4, -0.2) is 28.3 Å². The van der Waals surface area contributed by atoms with Gasteiger partial charge in [0.1, 0.15) is 0 Å². The molecule has 60 valence electrons. The van der Waals surface area contributed by atoms with Crippen molar-refractivity contribution in [3.05, 3.63) is 0 Å². The highest BCUT2D eigenvalue weighted by molar-refractivity contribution is 5.67. The fourth-order valence-corrected chi connectivity index (χ4v) is 0.746. The van der Waals surface area contributed by atoms with Crippen LogP contribution in [0.25, 0.3) is 0 Å². The molecule has 0 rings (SSSR count). The quantitative estimate of drug-likeness (QED) is 0.503. The molecule has 0 saturated heterocycles. The lowest BCUT2D eigenvalue weighted by Crippen LogP contribution is -2.27. The van der Waals surface area contributed by atoms with Crippen LogP contribution in [0.4, 0.5) is 0 Å². The number of aliphatic hydroxyl groups excluding tert-OH is 1. The molecule has 0 amide bonds. The number of aliphatic hydroxyl groups is 1. The molecule has 0 aromatic rings. The van der Waals surface area contributed by atoms with Crippen LogP contribution in [0.2, 0.25) is 0 Å². The predicted molar refractivity (Wildman–Crippen MR) is 36.5 cm³/mol. The highest BCUT2D eigenvalue weighted by atomic mass is 16.4. The van der Waals surface area contributed by atoms with Crippen molar-refractivity contribution in [2.45, 2.75) is 31.9 Å². The maximum atomic E-state index is 10.0. The van der Waals surface area contributed by atoms with Crippen LogP contribution >= 0.6 is 0 Å². The Bertz CT molecular complexity index is 114. The van der Waals surface area contributed by atoms with Gasteiger partial charge in [0, 0.05) is 6.04 Å². The molecule has 4 heteroatoms. The Balaban J connectivity index is 3.43. The molecule has 0 radical (unpaired) electrons. The minimum absolute atomic E-state index is 0.0785. The van der Waals surface area contributed by atoms with Gasteiger partial charge in [-0.1, -0.05) is 0 Å². The summed E-state index contributed by atoms with van der Waals surface area (Å²) in [5.41, 5.74) is 5.33. The van der Waals surface area contributed by atoms with E-state index in [1.165, 1.54) is 0 Å². The molecule has 4 nitrogen and oxygen atoms in total. The minimum Gasteiger partial charge on any atom is -0.481 e. The zero-order chi connectivity index (χ0) is 8.15. The third kappa shape index (κ3) is 5.53. The van der Waals surface area contributed by atoms with Crippen LogP contribution in [0, 0.1) is 0 Å². The van der Waals surface area contributed by atoms with Gasteiger partial charge in [-0.05, 0) is 13.3 Å². The fourth-order valence-electron chi connectivity index (χ4n) is 0.746. The molecular formula is C6H13NO3. The predicted octanol–water partition coefficient (Wildman–Crippen LogP) is -0.441. The molecule has 0 aliphatic carbocycles. The summed E-state index contributed by atoms with van der Waals surface area (Å²) in [6, 6.07) is -0.433. The average molecular weight is 147 g/mol. The molecule has 0 fully saturated rings. The van der Waals surface area contributed by atoms with Gasteiger partial charge in [-0.3, -0.25) is 4.79 Å². The Morgan fingerprint density at radius 1 is 1.70 bits per heavy atom. The monoisotopic (exact) mass is 147 g/mol. The van der Waals surface area contributed by atoms with Crippen molar-refractivity contribution >= 4 is 5.97 Å². The van der Waals surface area contributed by atoms with E-state index in [0.717, 1.165) is 0 Å². The highest BCUT2D eigenvalue weighted by Gasteiger charge is 2.09. The van der Waals surface area contributed by atoms with Crippen LogP contribution < -0.4 is 5.73 Å². The third-order valence-electron chi connectivity index (χ3n) is 1.08. The maximum Gasteiger partial charge on any atom is 0.304 e. The first-order valence-electron chi connectivity index (χ1n) is 3.17. The van der Waals surface area contributed by atoms with Crippen LogP contribution in [0.3, 0.4) is 0 Å². The standard InChI is InChI=1S/C6H13NO3/c1-4(8)2-5(7)3-6(9)10/h4-5,8H,2-3,7H2,1H3,(H,9,10)/t4-,5+/m1/s1. The molecule has 0 spiro atoms. The Morgan fingerprint density at radius 3 is 2.50 bits per heavy atom. The third-order valence-corrected chi connectivity index (χ3v) is 1.08. The van der Waals surface area contributed by atoms with Gasteiger partial charge in [0.15, 0.2) is 0 Å². The summed E-state index contributed by atoms with van der Waals surface area (Å²) >= 11 is 0. The van der Waals surface area contributed by atoms with Crippen molar-refractivity contribution in [1.29, 1.82) is 0 Å². The van der Waals surface area contributed by atoms with Crippen molar-refractivity contribution < 1.29 is 15.0 Å². The lowest BCUT2D eigenvalue weighted by atomic mass is 10.1. The van der Waals surface area contributed by atoms with Gasteiger partial charge in [-0.25, -0.2) is 0 Å². The molecule has 2 atom stereocenters. The van der Waals surface area contributed by atoms with Crippen molar-refractivity contribution in [1.82, 2.24) is 0 Å². The second kappa shape index (κ2) is 4.24. The van der Waals surface area contributed by atoms with Crippen molar-refractivity contribution in [3.8, 4) is 0 Å². The maximum absolute atomic E-state index is 10.0. The van der Waals surface area contributed by atoms with Crippen LogP contribution in [-0.2, 0) is 4.79 Å². The largest absolute Gasteiger partial charge is 0.481 e. The second-order valence-electron chi connectivity index (χ2n) is 2.44. The molecule has 0 bridgehead atoms. The SMILES string of the molecule is C[C@@H](O)C[C@H](N)CC(=O)O. The molecule has 0 saturated carbocycles. The Morgan fingerprint density at radius 2 is 2.20 bits per heavy atom. The number of carboxylic acids is 1. The van der Waals surface area contributed by atoms with Gasteiger partial charge in [0.25, 0.3) is 0 Å². The first-order valence-corrected chi connectivity index (χ1v) is 3.17. The van der Waals surface area contributed by atoms with E-state index in [9.17, 15) is 4.79 Å². The molecule has 0 unspecified atom stereocenters. The number of rotatable bonds is 4. The van der Waals surface area contributed by atoms with Crippen LogP contribution in [0.1, 0.15) is 19.8 Å². The summed E-state index contributed by atoms with van der Waals surface area (Å²) in [4.78, 5) is 10.0. The average Bonchev–Trinajstić information content (AvgIpc) is 1.58. The van der Waals surface area contributed by atoms with E-state index in [4.69, 9.17) is 15.9 Å². The lowest BCUT2D eigenvalue weighted by Gasteiger charge is -2.09. The van der Waals surface area contributed by atoms with Gasteiger partial charge in [0.2, 0.25) is 0 Å². The van der Waals surface area contributed by atoms with Crippen molar-refractivity contribution in [2.75, 3.05) is 0 Å². The number of carbonyl (C=O) groups is 1. The summed E-state index contributed by atoms with van der Waals surface area (Å²) in [5.74, 6) is -0.923. The van der Waals surface area contributed by atoms with Crippen LogP contribution in [0.5, 0.6) is 0 Å². The lowest BCUT2D eigenvalue weighted by molar-refractivity contribution is -0.137. The van der Waals surface area contributed by atoms with E-state index in [-0.39, 0.29) is 6.42 Å². The Labute approximate surface area is 59.7 Å². The van der Waals surface area contributed by atoms with E-state index < -0.39 is 18.1 Å². The van der Waals surface area contributed by atoms with Crippen molar-refractivity contribution in [3.63, 3.8) is 0 Å². The summed E-state index contributed by atoms with van der Waals surface area (Å²) in [5, 5.41) is 17.0. The van der Waals surface area contributed by atoms with Crippen LogP contribution in [0.15, 0.2) is 0 Å². The summed E-state index contributed by atoms with van der Waals surface area (Å²) in [6.45, 7) is 1.59. The number of hydrogen-bond donors (Lipinski definition) is 3. The van der Waals surface area contributed by atoms with Gasteiger partial charge in [0.05, 0.1) is 12.5 Å². The first-order chi connectivity index (χ1) is 4.52. The van der Waals surface area contributed by atoms with Gasteiger partial charge in [-0.2, -0.15) is 0 Å². The number of carboxylic acid groups (broad SMARTS) is 1. The summed E-state index contributed by atoms with van der Waals surface area (Å²) in [7, 11) is 0. The Hall–Kier alpha value is -0.610. The van der Waals surface area contributed by atoms with Gasteiger partial charge < -0.3 is 15.9 Å². The minimum atomic E-state index is -0.923. The number of nitrogens with two attached hydrogens (primary N) is 1. The molecule has 4 N–H and O–H groups in total. The highest BCUT2D eigenvalue weighted by Crippen LogP contribution is 1.98. The number of aliphatic carboxylic acids is 1. The summed E-state index contributed by atoms with van der Waals surface area (Å²) < 4.78 is 0. The zero-order valence-electron chi connectivity index (χ0n) is 5.95. The second-order valence-corrected chi connectivity index (χ2v) is 2.44. The molecular weight excluding hydrogens is 134 g/mol. The van der Waals surface area contributed by atoms with E-state index in [1.54, 1.807) is 6.92 Å². The molecule has 0 aliphatic heterocycles. The normalized spacial score (nSPS) is 16.3.